The number of ether oxygens (including phenoxy) is 2. The molecule has 162 valence electrons. The topological polar surface area (TPSA) is 111 Å². The van der Waals surface area contributed by atoms with Gasteiger partial charge in [-0.2, -0.15) is 13.2 Å². The normalized spacial score (nSPS) is 11.0. The van der Waals surface area contributed by atoms with Crippen LogP contribution in [0, 0.1) is 10.1 Å². The van der Waals surface area contributed by atoms with Crippen molar-refractivity contribution in [2.45, 2.75) is 6.18 Å². The monoisotopic (exact) mass is 435 g/mol. The summed E-state index contributed by atoms with van der Waals surface area (Å²) in [5.41, 5.74) is -0.821. The molecule has 2 aromatic carbocycles. The fourth-order valence-corrected chi connectivity index (χ4v) is 2.65. The van der Waals surface area contributed by atoms with Gasteiger partial charge >= 0.3 is 11.9 Å². The predicted octanol–water partition coefficient (Wildman–Crippen LogP) is 4.91. The van der Waals surface area contributed by atoms with E-state index in [2.05, 4.69) is 20.6 Å². The highest BCUT2D eigenvalue weighted by Crippen LogP contribution is 2.37. The summed E-state index contributed by atoms with van der Waals surface area (Å²) in [6, 6.07) is 8.82. The summed E-state index contributed by atoms with van der Waals surface area (Å²) in [6.45, 7) is 0. The molecule has 31 heavy (non-hydrogen) atoms. The van der Waals surface area contributed by atoms with Crippen LogP contribution < -0.4 is 20.1 Å². The van der Waals surface area contributed by atoms with E-state index < -0.39 is 22.4 Å². The summed E-state index contributed by atoms with van der Waals surface area (Å²) in [7, 11) is 2.89. The number of alkyl halides is 3. The van der Waals surface area contributed by atoms with Gasteiger partial charge in [-0.25, -0.2) is 9.97 Å². The smallest absolute Gasteiger partial charge is 0.416 e. The van der Waals surface area contributed by atoms with E-state index in [9.17, 15) is 23.3 Å². The van der Waals surface area contributed by atoms with Crippen molar-refractivity contribution in [1.82, 2.24) is 9.97 Å². The van der Waals surface area contributed by atoms with Crippen LogP contribution in [-0.2, 0) is 6.18 Å². The first-order chi connectivity index (χ1) is 14.7. The van der Waals surface area contributed by atoms with E-state index in [1.165, 1.54) is 14.2 Å². The average Bonchev–Trinajstić information content (AvgIpc) is 2.73. The Morgan fingerprint density at radius 2 is 1.61 bits per heavy atom. The third-order valence-electron chi connectivity index (χ3n) is 4.14. The van der Waals surface area contributed by atoms with E-state index in [0.29, 0.717) is 17.2 Å². The number of nitrogens with zero attached hydrogens (tertiary/aromatic N) is 3. The van der Waals surface area contributed by atoms with Crippen LogP contribution in [-0.4, -0.2) is 29.1 Å². The molecular formula is C19H16F3N5O4. The van der Waals surface area contributed by atoms with Gasteiger partial charge in [-0.15, -0.1) is 0 Å². The van der Waals surface area contributed by atoms with Crippen molar-refractivity contribution >= 4 is 28.7 Å². The minimum Gasteiger partial charge on any atom is -0.497 e. The second-order valence-electron chi connectivity index (χ2n) is 6.07. The maximum Gasteiger partial charge on any atom is 0.416 e. The van der Waals surface area contributed by atoms with Crippen molar-refractivity contribution in [3.63, 3.8) is 0 Å². The summed E-state index contributed by atoms with van der Waals surface area (Å²) in [6.07, 6.45) is -3.42. The molecule has 0 aliphatic rings. The Morgan fingerprint density at radius 1 is 0.968 bits per heavy atom. The molecule has 0 aliphatic carbocycles. The fourth-order valence-electron chi connectivity index (χ4n) is 2.65. The molecule has 3 rings (SSSR count). The predicted molar refractivity (Wildman–Crippen MR) is 106 cm³/mol. The number of hydrogen-bond donors (Lipinski definition) is 2. The van der Waals surface area contributed by atoms with E-state index in [4.69, 9.17) is 9.47 Å². The summed E-state index contributed by atoms with van der Waals surface area (Å²) < 4.78 is 48.6. The molecule has 0 saturated carbocycles. The van der Waals surface area contributed by atoms with Gasteiger partial charge in [0.15, 0.2) is 0 Å². The molecule has 0 unspecified atom stereocenters. The lowest BCUT2D eigenvalue weighted by molar-refractivity contribution is -0.383. The first kappa shape index (κ1) is 21.6. The molecule has 0 spiro atoms. The van der Waals surface area contributed by atoms with Crippen molar-refractivity contribution in [2.24, 2.45) is 0 Å². The van der Waals surface area contributed by atoms with Crippen LogP contribution in [0.25, 0.3) is 0 Å². The Bertz CT molecular complexity index is 1090. The first-order valence-electron chi connectivity index (χ1n) is 8.65. The third-order valence-corrected chi connectivity index (χ3v) is 4.14. The van der Waals surface area contributed by atoms with Gasteiger partial charge in [-0.05, 0) is 36.4 Å². The molecule has 0 amide bonds. The zero-order valence-corrected chi connectivity index (χ0v) is 16.2. The second-order valence-corrected chi connectivity index (χ2v) is 6.07. The van der Waals surface area contributed by atoms with Crippen LogP contribution in [0.4, 0.5) is 41.9 Å². The van der Waals surface area contributed by atoms with Gasteiger partial charge in [0.2, 0.25) is 11.6 Å². The molecule has 0 bridgehead atoms. The summed E-state index contributed by atoms with van der Waals surface area (Å²) in [4.78, 5) is 18.8. The quantitative estimate of drug-likeness (QED) is 0.398. The van der Waals surface area contributed by atoms with Gasteiger partial charge < -0.3 is 20.1 Å². The molecule has 0 aliphatic heterocycles. The minimum absolute atomic E-state index is 0.152. The first-order valence-corrected chi connectivity index (χ1v) is 8.65. The molecule has 12 heteroatoms. The SMILES string of the molecule is COc1ccc(OC)c(Nc2ncnc(Nc3ccc(C(F)(F)F)cc3)c2[N+](=O)[O-])c1. The molecule has 0 atom stereocenters. The van der Waals surface area contributed by atoms with Crippen molar-refractivity contribution in [3.8, 4) is 11.5 Å². The van der Waals surface area contributed by atoms with E-state index in [0.717, 1.165) is 30.6 Å². The number of methoxy groups -OCH3 is 2. The summed E-state index contributed by atoms with van der Waals surface area (Å²) >= 11 is 0. The van der Waals surface area contributed by atoms with Crippen LogP contribution in [0.3, 0.4) is 0 Å². The Kier molecular flexibility index (Phi) is 6.09. The van der Waals surface area contributed by atoms with Crippen LogP contribution >= 0.6 is 0 Å². The highest BCUT2D eigenvalue weighted by atomic mass is 19.4. The van der Waals surface area contributed by atoms with Crippen LogP contribution in [0.15, 0.2) is 48.8 Å². The lowest BCUT2D eigenvalue weighted by Gasteiger charge is -2.13. The number of nitrogens with one attached hydrogen (secondary N) is 2. The van der Waals surface area contributed by atoms with E-state index >= 15 is 0 Å². The van der Waals surface area contributed by atoms with Gasteiger partial charge in [-0.1, -0.05) is 0 Å². The van der Waals surface area contributed by atoms with Crippen molar-refractivity contribution < 1.29 is 27.6 Å². The van der Waals surface area contributed by atoms with Crippen molar-refractivity contribution in [1.29, 1.82) is 0 Å². The van der Waals surface area contributed by atoms with Gasteiger partial charge in [-0.3, -0.25) is 10.1 Å². The van der Waals surface area contributed by atoms with Gasteiger partial charge in [0, 0.05) is 11.8 Å². The number of hydrogen-bond acceptors (Lipinski definition) is 8. The lowest BCUT2D eigenvalue weighted by Crippen LogP contribution is -2.07. The Morgan fingerprint density at radius 3 is 2.16 bits per heavy atom. The lowest BCUT2D eigenvalue weighted by atomic mass is 10.2. The fraction of sp³-hybridized carbons (Fsp3) is 0.158. The second kappa shape index (κ2) is 8.73. The molecule has 0 fully saturated rings. The maximum atomic E-state index is 12.7. The van der Waals surface area contributed by atoms with E-state index in [1.54, 1.807) is 18.2 Å². The number of anilines is 4. The number of aromatic nitrogens is 2. The van der Waals surface area contributed by atoms with Gasteiger partial charge in [0.1, 0.15) is 17.8 Å². The Balaban J connectivity index is 1.96. The van der Waals surface area contributed by atoms with Crippen molar-refractivity contribution in [2.75, 3.05) is 24.9 Å². The van der Waals surface area contributed by atoms with Crippen molar-refractivity contribution in [3.05, 3.63) is 64.5 Å². The molecule has 9 nitrogen and oxygen atoms in total. The van der Waals surface area contributed by atoms with Crippen LogP contribution in [0.1, 0.15) is 5.56 Å². The minimum atomic E-state index is -4.49. The van der Waals surface area contributed by atoms with Gasteiger partial charge in [0.25, 0.3) is 0 Å². The van der Waals surface area contributed by atoms with E-state index in [1.807, 2.05) is 0 Å². The number of benzene rings is 2. The number of rotatable bonds is 7. The molecule has 1 heterocycles. The largest absolute Gasteiger partial charge is 0.497 e. The standard InChI is InChI=1S/C19H16F3N5O4/c1-30-13-7-8-15(31-2)14(9-13)26-18-16(27(28)29)17(23-10-24-18)25-12-5-3-11(4-6-12)19(20,21)22/h3-10H,1-2H3,(H2,23,24,25,26). The van der Waals surface area contributed by atoms with Gasteiger partial charge in [0.05, 0.1) is 30.4 Å². The molecule has 3 aromatic rings. The molecule has 1 aromatic heterocycles. The zero-order valence-electron chi connectivity index (χ0n) is 16.2. The third kappa shape index (κ3) is 4.91. The average molecular weight is 435 g/mol. The summed E-state index contributed by atoms with van der Waals surface area (Å²) in [5, 5.41) is 17.2. The molecule has 0 saturated heterocycles. The van der Waals surface area contributed by atoms with Crippen LogP contribution in [0.5, 0.6) is 11.5 Å². The highest BCUT2D eigenvalue weighted by molar-refractivity contribution is 5.78. The maximum absolute atomic E-state index is 12.7. The number of halogens is 3. The zero-order chi connectivity index (χ0) is 22.6. The Labute approximate surface area is 174 Å². The number of nitro groups is 1. The van der Waals surface area contributed by atoms with Crippen LogP contribution in [0.2, 0.25) is 0 Å². The molecular weight excluding hydrogens is 419 g/mol. The van der Waals surface area contributed by atoms with E-state index in [-0.39, 0.29) is 17.3 Å². The summed E-state index contributed by atoms with van der Waals surface area (Å²) in [5.74, 6) is 0.499. The Hall–Kier alpha value is -4.09. The molecule has 2 N–H and O–H groups in total. The highest BCUT2D eigenvalue weighted by Gasteiger charge is 2.30. The molecule has 0 radical (unpaired) electrons.